The van der Waals surface area contributed by atoms with Crippen molar-refractivity contribution in [1.29, 1.82) is 0 Å². The maximum Gasteiger partial charge on any atom is 0.196 e. The van der Waals surface area contributed by atoms with E-state index in [-0.39, 0.29) is 12.4 Å². The highest BCUT2D eigenvalue weighted by Gasteiger charge is 2.31. The largest absolute Gasteiger partial charge is 0.396 e. The molecule has 3 heteroatoms. The van der Waals surface area contributed by atoms with Gasteiger partial charge in [0.25, 0.3) is 0 Å². The zero-order valence-corrected chi connectivity index (χ0v) is 20.0. The standard InChI is InChI=1S/C27H36O2S/c1-6-20-16-19(15-18(3)21(20)9-8-14-28)10-11-24(29)26-22-12-13-27(4,5)17-23(22)25(7-2)30-26/h10-11,15-16,28H,6-9,12-14,17H2,1-5H3/b11-10+. The van der Waals surface area contributed by atoms with Crippen molar-refractivity contribution in [3.05, 3.63) is 61.3 Å². The molecule has 0 spiro atoms. The van der Waals surface area contributed by atoms with Crippen molar-refractivity contribution >= 4 is 23.2 Å². The lowest BCUT2D eigenvalue weighted by molar-refractivity contribution is 0.105. The fourth-order valence-corrected chi connectivity index (χ4v) is 5.96. The molecule has 1 aliphatic rings. The van der Waals surface area contributed by atoms with E-state index in [4.69, 9.17) is 0 Å². The molecule has 1 aliphatic carbocycles. The van der Waals surface area contributed by atoms with Gasteiger partial charge in [-0.15, -0.1) is 11.3 Å². The molecule has 1 aromatic heterocycles. The summed E-state index contributed by atoms with van der Waals surface area (Å²) in [5.41, 5.74) is 8.10. The first-order chi connectivity index (χ1) is 14.3. The molecule has 2 nitrogen and oxygen atoms in total. The Morgan fingerprint density at radius 3 is 2.63 bits per heavy atom. The molecule has 1 aromatic carbocycles. The van der Waals surface area contributed by atoms with Gasteiger partial charge in [0.05, 0.1) is 4.88 Å². The number of allylic oxidation sites excluding steroid dienone is 1. The minimum atomic E-state index is 0.149. The predicted molar refractivity (Wildman–Crippen MR) is 129 cm³/mol. The number of hydrogen-bond acceptors (Lipinski definition) is 3. The van der Waals surface area contributed by atoms with Crippen molar-refractivity contribution in [2.24, 2.45) is 5.41 Å². The Morgan fingerprint density at radius 2 is 1.97 bits per heavy atom. The summed E-state index contributed by atoms with van der Waals surface area (Å²) in [4.78, 5) is 15.5. The minimum absolute atomic E-state index is 0.149. The molecule has 0 aliphatic heterocycles. The Morgan fingerprint density at radius 1 is 1.20 bits per heavy atom. The third kappa shape index (κ3) is 4.95. The Kier molecular flexibility index (Phi) is 7.36. The van der Waals surface area contributed by atoms with Crippen LogP contribution in [0.25, 0.3) is 6.08 Å². The highest BCUT2D eigenvalue weighted by Crippen LogP contribution is 2.42. The van der Waals surface area contributed by atoms with Gasteiger partial charge in [-0.3, -0.25) is 4.79 Å². The lowest BCUT2D eigenvalue weighted by Crippen LogP contribution is -2.22. The summed E-state index contributed by atoms with van der Waals surface area (Å²) in [6.07, 6.45) is 10.7. The third-order valence-corrected chi connectivity index (χ3v) is 7.87. The Labute approximate surface area is 186 Å². The van der Waals surface area contributed by atoms with Gasteiger partial charge in [-0.1, -0.05) is 45.9 Å². The van der Waals surface area contributed by atoms with Crippen LogP contribution in [0.4, 0.5) is 0 Å². The molecule has 0 atom stereocenters. The summed E-state index contributed by atoms with van der Waals surface area (Å²) in [7, 11) is 0. The van der Waals surface area contributed by atoms with Crippen LogP contribution in [0, 0.1) is 12.3 Å². The lowest BCUT2D eigenvalue weighted by atomic mass is 9.74. The van der Waals surface area contributed by atoms with Crippen LogP contribution in [-0.2, 0) is 32.1 Å². The van der Waals surface area contributed by atoms with Crippen LogP contribution in [0.15, 0.2) is 18.2 Å². The van der Waals surface area contributed by atoms with E-state index in [0.29, 0.717) is 5.41 Å². The van der Waals surface area contributed by atoms with Crippen molar-refractivity contribution in [2.75, 3.05) is 6.61 Å². The number of aliphatic hydroxyl groups excluding tert-OH is 1. The number of carbonyl (C=O) groups excluding carboxylic acids is 1. The maximum atomic E-state index is 13.1. The summed E-state index contributed by atoms with van der Waals surface area (Å²) in [6.45, 7) is 11.4. The third-order valence-electron chi connectivity index (χ3n) is 6.43. The van der Waals surface area contributed by atoms with Crippen LogP contribution >= 0.6 is 11.3 Å². The summed E-state index contributed by atoms with van der Waals surface area (Å²) in [5.74, 6) is 0.149. The number of carbonyl (C=O) groups is 1. The fourth-order valence-electron chi connectivity index (χ4n) is 4.73. The van der Waals surface area contributed by atoms with Gasteiger partial charge in [0, 0.05) is 11.5 Å². The first-order valence-corrected chi connectivity index (χ1v) is 12.2. The number of aliphatic hydroxyl groups is 1. The zero-order valence-electron chi connectivity index (χ0n) is 19.2. The van der Waals surface area contributed by atoms with Gasteiger partial charge in [-0.2, -0.15) is 0 Å². The molecule has 0 radical (unpaired) electrons. The second-order valence-corrected chi connectivity index (χ2v) is 10.5. The Balaban J connectivity index is 1.86. The van der Waals surface area contributed by atoms with Crippen LogP contribution in [-0.4, -0.2) is 17.5 Å². The highest BCUT2D eigenvalue weighted by atomic mass is 32.1. The first-order valence-electron chi connectivity index (χ1n) is 11.4. The number of benzene rings is 1. The lowest BCUT2D eigenvalue weighted by Gasteiger charge is -2.30. The maximum absolute atomic E-state index is 13.1. The molecule has 0 fully saturated rings. The van der Waals surface area contributed by atoms with Gasteiger partial charge in [-0.25, -0.2) is 0 Å². The molecule has 1 heterocycles. The second-order valence-electron chi connectivity index (χ2n) is 9.36. The van der Waals surface area contributed by atoms with Crippen LogP contribution in [0.5, 0.6) is 0 Å². The fraction of sp³-hybridized carbons (Fsp3) is 0.519. The SMILES string of the molecule is CCc1cc(/C=C/C(=O)c2sc(CC)c3c2CCC(C)(C)C3)cc(C)c1CCCO. The van der Waals surface area contributed by atoms with Crippen molar-refractivity contribution < 1.29 is 9.90 Å². The topological polar surface area (TPSA) is 37.3 Å². The van der Waals surface area contributed by atoms with Crippen LogP contribution < -0.4 is 0 Å². The molecule has 3 rings (SSSR count). The van der Waals surface area contributed by atoms with E-state index in [1.807, 2.05) is 6.08 Å². The summed E-state index contributed by atoms with van der Waals surface area (Å²) in [6, 6.07) is 4.37. The number of rotatable bonds is 8. The summed E-state index contributed by atoms with van der Waals surface area (Å²) < 4.78 is 0. The van der Waals surface area contributed by atoms with Gasteiger partial charge >= 0.3 is 0 Å². The quantitative estimate of drug-likeness (QED) is 0.387. The minimum Gasteiger partial charge on any atom is -0.396 e. The van der Waals surface area contributed by atoms with Crippen LogP contribution in [0.3, 0.4) is 0 Å². The average molecular weight is 425 g/mol. The highest BCUT2D eigenvalue weighted by molar-refractivity contribution is 7.14. The van der Waals surface area contributed by atoms with E-state index < -0.39 is 0 Å². The zero-order chi connectivity index (χ0) is 21.9. The molecular weight excluding hydrogens is 388 g/mol. The average Bonchev–Trinajstić information content (AvgIpc) is 3.07. The molecule has 0 amide bonds. The molecular formula is C27H36O2S. The van der Waals surface area contributed by atoms with Crippen molar-refractivity contribution in [3.63, 3.8) is 0 Å². The van der Waals surface area contributed by atoms with Crippen molar-refractivity contribution in [2.45, 2.75) is 79.6 Å². The second kappa shape index (κ2) is 9.62. The van der Waals surface area contributed by atoms with E-state index in [1.54, 1.807) is 17.4 Å². The van der Waals surface area contributed by atoms with E-state index in [9.17, 15) is 9.90 Å². The number of fused-ring (bicyclic) bond motifs is 1. The molecule has 0 bridgehead atoms. The predicted octanol–water partition coefficient (Wildman–Crippen LogP) is 6.52. The summed E-state index contributed by atoms with van der Waals surface area (Å²) in [5, 5.41) is 9.17. The van der Waals surface area contributed by atoms with Crippen LogP contribution in [0.1, 0.15) is 88.5 Å². The van der Waals surface area contributed by atoms with Crippen molar-refractivity contribution in [1.82, 2.24) is 0 Å². The molecule has 1 N–H and O–H groups in total. The number of thiophene rings is 1. The molecule has 0 unspecified atom stereocenters. The molecule has 0 saturated heterocycles. The molecule has 162 valence electrons. The Bertz CT molecular complexity index is 946. The van der Waals surface area contributed by atoms with Crippen LogP contribution in [0.2, 0.25) is 0 Å². The normalized spacial score (nSPS) is 15.5. The smallest absolute Gasteiger partial charge is 0.196 e. The van der Waals surface area contributed by atoms with Gasteiger partial charge in [0.2, 0.25) is 0 Å². The molecule has 30 heavy (non-hydrogen) atoms. The number of ketones is 1. The van der Waals surface area contributed by atoms with Gasteiger partial charge in [0.1, 0.15) is 0 Å². The Hall–Kier alpha value is -1.71. The molecule has 2 aromatic rings. The van der Waals surface area contributed by atoms with E-state index in [2.05, 4.69) is 46.8 Å². The van der Waals surface area contributed by atoms with Gasteiger partial charge in [-0.05, 0) is 96.7 Å². The number of aryl methyl sites for hydroxylation is 3. The first kappa shape index (κ1) is 23.0. The van der Waals surface area contributed by atoms with Crippen molar-refractivity contribution in [3.8, 4) is 0 Å². The van der Waals surface area contributed by atoms with Gasteiger partial charge in [0.15, 0.2) is 5.78 Å². The summed E-state index contributed by atoms with van der Waals surface area (Å²) >= 11 is 1.72. The number of hydrogen-bond donors (Lipinski definition) is 1. The van der Waals surface area contributed by atoms with E-state index >= 15 is 0 Å². The monoisotopic (exact) mass is 424 g/mol. The van der Waals surface area contributed by atoms with E-state index in [1.165, 1.54) is 32.7 Å². The molecule has 0 saturated carbocycles. The van der Waals surface area contributed by atoms with E-state index in [0.717, 1.165) is 55.4 Å². The van der Waals surface area contributed by atoms with Gasteiger partial charge < -0.3 is 5.11 Å².